The number of likely N-dealkylation sites (tertiary alicyclic amines) is 1. The predicted molar refractivity (Wildman–Crippen MR) is 102 cm³/mol. The minimum atomic E-state index is -0.148. The van der Waals surface area contributed by atoms with Crippen LogP contribution in [-0.2, 0) is 5.54 Å². The van der Waals surface area contributed by atoms with E-state index in [1.807, 2.05) is 11.0 Å². The highest BCUT2D eigenvalue weighted by molar-refractivity contribution is 5.74. The van der Waals surface area contributed by atoms with Crippen molar-refractivity contribution in [2.75, 3.05) is 32.1 Å². The predicted octanol–water partition coefficient (Wildman–Crippen LogP) is 3.32. The molecule has 2 amide bonds. The second-order valence-electron chi connectivity index (χ2n) is 7.07. The van der Waals surface area contributed by atoms with Crippen molar-refractivity contribution in [3.05, 3.63) is 42.2 Å². The molecular weight excluding hydrogens is 328 g/mol. The second-order valence-corrected chi connectivity index (χ2v) is 7.07. The molecule has 0 unspecified atom stereocenters. The SMILES string of the molecule is CCCNC(=O)N1CCC2(CC1)Nc1cc(OC)ccc1-n1cccc12. The molecule has 2 aliphatic heterocycles. The van der Waals surface area contributed by atoms with Crippen LogP contribution in [0.4, 0.5) is 10.5 Å². The average molecular weight is 354 g/mol. The average Bonchev–Trinajstić information content (AvgIpc) is 3.17. The molecule has 0 saturated carbocycles. The fourth-order valence-electron chi connectivity index (χ4n) is 4.07. The molecule has 1 fully saturated rings. The lowest BCUT2D eigenvalue weighted by molar-refractivity contribution is 0.163. The van der Waals surface area contributed by atoms with Crippen LogP contribution in [0.2, 0.25) is 0 Å². The number of ether oxygens (including phenoxy) is 1. The van der Waals surface area contributed by atoms with Gasteiger partial charge in [-0.25, -0.2) is 4.79 Å². The molecule has 0 bridgehead atoms. The van der Waals surface area contributed by atoms with Crippen LogP contribution in [0.1, 0.15) is 31.9 Å². The number of nitrogens with zero attached hydrogens (tertiary/aromatic N) is 2. The van der Waals surface area contributed by atoms with Gasteiger partial charge in [0.2, 0.25) is 0 Å². The molecule has 2 aliphatic rings. The van der Waals surface area contributed by atoms with Crippen molar-refractivity contribution < 1.29 is 9.53 Å². The van der Waals surface area contributed by atoms with E-state index in [0.717, 1.165) is 56.0 Å². The van der Waals surface area contributed by atoms with Crippen LogP contribution in [0.5, 0.6) is 5.75 Å². The van der Waals surface area contributed by atoms with Gasteiger partial charge in [-0.1, -0.05) is 6.92 Å². The summed E-state index contributed by atoms with van der Waals surface area (Å²) < 4.78 is 7.66. The van der Waals surface area contributed by atoms with Gasteiger partial charge >= 0.3 is 6.03 Å². The van der Waals surface area contributed by atoms with Crippen LogP contribution in [0.3, 0.4) is 0 Å². The normalized spacial score (nSPS) is 17.2. The van der Waals surface area contributed by atoms with Gasteiger partial charge in [-0.2, -0.15) is 0 Å². The van der Waals surface area contributed by atoms with Crippen molar-refractivity contribution in [1.82, 2.24) is 14.8 Å². The molecule has 1 saturated heterocycles. The van der Waals surface area contributed by atoms with E-state index >= 15 is 0 Å². The quantitative estimate of drug-likeness (QED) is 0.889. The number of benzene rings is 1. The topological polar surface area (TPSA) is 58.5 Å². The molecule has 6 nitrogen and oxygen atoms in total. The van der Waals surface area contributed by atoms with Gasteiger partial charge in [-0.05, 0) is 43.5 Å². The van der Waals surface area contributed by atoms with Gasteiger partial charge in [0.05, 0.1) is 24.0 Å². The molecule has 0 radical (unpaired) electrons. The van der Waals surface area contributed by atoms with Crippen molar-refractivity contribution in [2.45, 2.75) is 31.7 Å². The van der Waals surface area contributed by atoms with Gasteiger partial charge < -0.3 is 24.8 Å². The van der Waals surface area contributed by atoms with E-state index in [1.165, 1.54) is 5.69 Å². The fourth-order valence-corrected chi connectivity index (χ4v) is 4.07. The monoisotopic (exact) mass is 354 g/mol. The van der Waals surface area contributed by atoms with Crippen molar-refractivity contribution in [3.8, 4) is 11.4 Å². The van der Waals surface area contributed by atoms with E-state index in [9.17, 15) is 4.79 Å². The molecule has 2 aromatic rings. The third-order valence-corrected chi connectivity index (χ3v) is 5.51. The zero-order chi connectivity index (χ0) is 18.1. The zero-order valence-electron chi connectivity index (χ0n) is 15.4. The maximum Gasteiger partial charge on any atom is 0.317 e. The van der Waals surface area contributed by atoms with Crippen LogP contribution >= 0.6 is 0 Å². The van der Waals surface area contributed by atoms with Crippen molar-refractivity contribution in [2.24, 2.45) is 0 Å². The number of hydrogen-bond acceptors (Lipinski definition) is 3. The van der Waals surface area contributed by atoms with Crippen molar-refractivity contribution in [3.63, 3.8) is 0 Å². The highest BCUT2D eigenvalue weighted by Gasteiger charge is 2.42. The molecule has 0 aliphatic carbocycles. The smallest absolute Gasteiger partial charge is 0.317 e. The third-order valence-electron chi connectivity index (χ3n) is 5.51. The van der Waals surface area contributed by atoms with E-state index in [1.54, 1.807) is 7.11 Å². The summed E-state index contributed by atoms with van der Waals surface area (Å²) in [5, 5.41) is 6.76. The van der Waals surface area contributed by atoms with Crippen LogP contribution in [0, 0.1) is 0 Å². The standard InChI is InChI=1S/C20H26N4O2/c1-3-10-21-19(25)23-12-8-20(9-13-23)18-5-4-11-24(18)17-7-6-15(26-2)14-16(17)22-20/h4-7,11,14,22H,3,8-10,12-13H2,1-2H3,(H,21,25). The summed E-state index contributed by atoms with van der Waals surface area (Å²) in [5.74, 6) is 0.846. The van der Waals surface area contributed by atoms with Crippen LogP contribution in [0.25, 0.3) is 5.69 Å². The summed E-state index contributed by atoms with van der Waals surface area (Å²) in [7, 11) is 1.69. The van der Waals surface area contributed by atoms with Gasteiger partial charge in [0.25, 0.3) is 0 Å². The number of urea groups is 1. The summed E-state index contributed by atoms with van der Waals surface area (Å²) >= 11 is 0. The van der Waals surface area contributed by atoms with Gasteiger partial charge in [-0.15, -0.1) is 0 Å². The second kappa shape index (κ2) is 6.59. The lowest BCUT2D eigenvalue weighted by atomic mass is 9.82. The number of amides is 2. The van der Waals surface area contributed by atoms with E-state index in [4.69, 9.17) is 4.74 Å². The molecule has 1 spiro atoms. The Morgan fingerprint density at radius 1 is 1.31 bits per heavy atom. The number of piperidine rings is 1. The lowest BCUT2D eigenvalue weighted by Crippen LogP contribution is -2.53. The Kier molecular flexibility index (Phi) is 4.26. The Balaban J connectivity index is 1.59. The van der Waals surface area contributed by atoms with Gasteiger partial charge in [0, 0.05) is 37.6 Å². The number of carbonyl (C=O) groups is 1. The number of anilines is 1. The van der Waals surface area contributed by atoms with E-state index in [0.29, 0.717) is 0 Å². The number of aromatic nitrogens is 1. The first-order valence-corrected chi connectivity index (χ1v) is 9.34. The first-order valence-electron chi connectivity index (χ1n) is 9.34. The first kappa shape index (κ1) is 16.8. The Hall–Kier alpha value is -2.63. The van der Waals surface area contributed by atoms with Crippen molar-refractivity contribution >= 4 is 11.7 Å². The summed E-state index contributed by atoms with van der Waals surface area (Å²) in [6.07, 6.45) is 4.83. The Morgan fingerprint density at radius 3 is 2.85 bits per heavy atom. The fraction of sp³-hybridized carbons (Fsp3) is 0.450. The molecule has 1 aromatic carbocycles. The van der Waals surface area contributed by atoms with E-state index < -0.39 is 0 Å². The third kappa shape index (κ3) is 2.69. The lowest BCUT2D eigenvalue weighted by Gasteiger charge is -2.46. The summed E-state index contributed by atoms with van der Waals surface area (Å²) in [4.78, 5) is 14.2. The summed E-state index contributed by atoms with van der Waals surface area (Å²) in [5.41, 5.74) is 3.34. The molecule has 3 heterocycles. The molecular formula is C20H26N4O2. The first-order chi connectivity index (χ1) is 12.7. The minimum Gasteiger partial charge on any atom is -0.497 e. The molecule has 26 heavy (non-hydrogen) atoms. The molecule has 1 aromatic heterocycles. The number of methoxy groups -OCH3 is 1. The number of fused-ring (bicyclic) bond motifs is 4. The minimum absolute atomic E-state index is 0.0509. The zero-order valence-corrected chi connectivity index (χ0v) is 15.4. The largest absolute Gasteiger partial charge is 0.497 e. The van der Waals surface area contributed by atoms with Crippen LogP contribution in [0.15, 0.2) is 36.5 Å². The highest BCUT2D eigenvalue weighted by Crippen LogP contribution is 2.44. The molecule has 0 atom stereocenters. The number of rotatable bonds is 3. The maximum atomic E-state index is 12.3. The molecule has 4 rings (SSSR count). The van der Waals surface area contributed by atoms with Gasteiger partial charge in [-0.3, -0.25) is 0 Å². The maximum absolute atomic E-state index is 12.3. The summed E-state index contributed by atoms with van der Waals surface area (Å²) in [6.45, 7) is 4.28. The van der Waals surface area contributed by atoms with E-state index in [2.05, 4.69) is 52.6 Å². The van der Waals surface area contributed by atoms with Crippen LogP contribution < -0.4 is 15.4 Å². The van der Waals surface area contributed by atoms with E-state index in [-0.39, 0.29) is 11.6 Å². The van der Waals surface area contributed by atoms with Gasteiger partial charge in [0.1, 0.15) is 5.75 Å². The molecule has 6 heteroatoms. The van der Waals surface area contributed by atoms with Crippen molar-refractivity contribution in [1.29, 1.82) is 0 Å². The number of nitrogens with one attached hydrogen (secondary N) is 2. The molecule has 2 N–H and O–H groups in total. The highest BCUT2D eigenvalue weighted by atomic mass is 16.5. The Labute approximate surface area is 154 Å². The van der Waals surface area contributed by atoms with Crippen LogP contribution in [-0.4, -0.2) is 42.2 Å². The number of carbonyl (C=O) groups excluding carboxylic acids is 1. The van der Waals surface area contributed by atoms with Gasteiger partial charge in [0.15, 0.2) is 0 Å². The Bertz CT molecular complexity index is 806. The Morgan fingerprint density at radius 2 is 2.12 bits per heavy atom. The molecule has 138 valence electrons. The summed E-state index contributed by atoms with van der Waals surface area (Å²) in [6, 6.07) is 10.5. The number of hydrogen-bond donors (Lipinski definition) is 2.